The number of rotatable bonds is 2. The van der Waals surface area contributed by atoms with Crippen LogP contribution in [0.4, 0.5) is 5.95 Å². The molecular formula is C11H8ClN5O. The second-order valence-corrected chi connectivity index (χ2v) is 3.91. The number of fused-ring (bicyclic) bond motifs is 1. The van der Waals surface area contributed by atoms with Crippen molar-refractivity contribution in [3.8, 4) is 11.8 Å². The molecule has 2 aromatic heterocycles. The van der Waals surface area contributed by atoms with Crippen LogP contribution in [0.15, 0.2) is 30.5 Å². The van der Waals surface area contributed by atoms with E-state index in [2.05, 4.69) is 19.9 Å². The standard InChI is InChI=1S/C11H8ClN5O/c12-9-15-10(13)17-11(16-9)18-7-1-2-8-6(5-7)3-4-14-8/h1-5,14H,(H2,13,15,16,17). The number of nitrogens with one attached hydrogen (secondary N) is 1. The minimum atomic E-state index is 0.000206. The minimum absolute atomic E-state index is 0.000206. The molecular weight excluding hydrogens is 254 g/mol. The van der Waals surface area contributed by atoms with Gasteiger partial charge in [-0.05, 0) is 35.9 Å². The number of nitrogens with zero attached hydrogens (tertiary/aromatic N) is 3. The van der Waals surface area contributed by atoms with E-state index < -0.39 is 0 Å². The molecule has 3 aromatic rings. The van der Waals surface area contributed by atoms with Crippen LogP contribution in [0.3, 0.4) is 0 Å². The van der Waals surface area contributed by atoms with Crippen molar-refractivity contribution in [1.82, 2.24) is 19.9 Å². The second kappa shape index (κ2) is 4.15. The van der Waals surface area contributed by atoms with Crippen LogP contribution in [0.1, 0.15) is 0 Å². The van der Waals surface area contributed by atoms with E-state index in [9.17, 15) is 0 Å². The zero-order chi connectivity index (χ0) is 12.5. The number of H-pyrrole nitrogens is 1. The Morgan fingerprint density at radius 2 is 2.06 bits per heavy atom. The molecule has 0 aliphatic heterocycles. The first-order chi connectivity index (χ1) is 8.70. The molecule has 3 rings (SSSR count). The summed E-state index contributed by atoms with van der Waals surface area (Å²) in [7, 11) is 0. The van der Waals surface area contributed by atoms with Crippen molar-refractivity contribution in [2.45, 2.75) is 0 Å². The maximum absolute atomic E-state index is 5.67. The van der Waals surface area contributed by atoms with Gasteiger partial charge in [0, 0.05) is 17.1 Å². The number of hydrogen-bond acceptors (Lipinski definition) is 5. The van der Waals surface area contributed by atoms with Gasteiger partial charge in [0.05, 0.1) is 0 Å². The number of aromatic nitrogens is 4. The summed E-state index contributed by atoms with van der Waals surface area (Å²) in [5.41, 5.74) is 6.48. The first kappa shape index (κ1) is 10.8. The molecule has 0 atom stereocenters. The molecule has 0 aliphatic rings. The maximum atomic E-state index is 5.67. The summed E-state index contributed by atoms with van der Waals surface area (Å²) in [5, 5.41) is 1.03. The van der Waals surface area contributed by atoms with Gasteiger partial charge in [0.15, 0.2) is 0 Å². The summed E-state index contributed by atoms with van der Waals surface area (Å²) in [4.78, 5) is 14.4. The molecule has 2 heterocycles. The lowest BCUT2D eigenvalue weighted by atomic mass is 10.2. The van der Waals surface area contributed by atoms with Crippen molar-refractivity contribution in [2.24, 2.45) is 0 Å². The van der Waals surface area contributed by atoms with Crippen molar-refractivity contribution >= 4 is 28.5 Å². The van der Waals surface area contributed by atoms with Gasteiger partial charge in [-0.15, -0.1) is 0 Å². The van der Waals surface area contributed by atoms with Gasteiger partial charge in [0.25, 0.3) is 0 Å². The zero-order valence-electron chi connectivity index (χ0n) is 9.09. The van der Waals surface area contributed by atoms with Gasteiger partial charge < -0.3 is 15.5 Å². The van der Waals surface area contributed by atoms with Crippen LogP contribution >= 0.6 is 11.6 Å². The van der Waals surface area contributed by atoms with Crippen molar-refractivity contribution < 1.29 is 4.74 Å². The van der Waals surface area contributed by atoms with Crippen LogP contribution in [0.5, 0.6) is 11.8 Å². The van der Waals surface area contributed by atoms with Gasteiger partial charge in [-0.25, -0.2) is 0 Å². The molecule has 0 saturated carbocycles. The van der Waals surface area contributed by atoms with Crippen LogP contribution in [-0.4, -0.2) is 19.9 Å². The van der Waals surface area contributed by atoms with Gasteiger partial charge in [0.1, 0.15) is 5.75 Å². The number of nitrogen functional groups attached to an aromatic ring is 1. The molecule has 0 saturated heterocycles. The van der Waals surface area contributed by atoms with E-state index in [0.717, 1.165) is 10.9 Å². The Hall–Kier alpha value is -2.34. The first-order valence-electron chi connectivity index (χ1n) is 5.13. The average molecular weight is 262 g/mol. The predicted molar refractivity (Wildman–Crippen MR) is 67.6 cm³/mol. The van der Waals surface area contributed by atoms with Crippen molar-refractivity contribution in [1.29, 1.82) is 0 Å². The van der Waals surface area contributed by atoms with Gasteiger partial charge in [0.2, 0.25) is 11.2 Å². The van der Waals surface area contributed by atoms with Crippen LogP contribution in [-0.2, 0) is 0 Å². The highest BCUT2D eigenvalue weighted by molar-refractivity contribution is 6.28. The largest absolute Gasteiger partial charge is 0.424 e. The summed E-state index contributed by atoms with van der Waals surface area (Å²) < 4.78 is 5.48. The van der Waals surface area contributed by atoms with Crippen LogP contribution in [0.25, 0.3) is 10.9 Å². The smallest absolute Gasteiger partial charge is 0.328 e. The molecule has 0 fully saturated rings. The molecule has 6 nitrogen and oxygen atoms in total. The molecule has 18 heavy (non-hydrogen) atoms. The molecule has 0 unspecified atom stereocenters. The normalized spacial score (nSPS) is 10.7. The lowest BCUT2D eigenvalue weighted by Gasteiger charge is -2.04. The number of ether oxygens (including phenoxy) is 1. The molecule has 1 aromatic carbocycles. The Balaban J connectivity index is 1.95. The monoisotopic (exact) mass is 261 g/mol. The molecule has 7 heteroatoms. The third-order valence-electron chi connectivity index (χ3n) is 2.34. The summed E-state index contributed by atoms with van der Waals surface area (Å²) in [6.07, 6.45) is 1.85. The number of halogens is 1. The van der Waals surface area contributed by atoms with E-state index in [0.29, 0.717) is 5.75 Å². The van der Waals surface area contributed by atoms with Crippen molar-refractivity contribution in [3.05, 3.63) is 35.7 Å². The molecule has 90 valence electrons. The summed E-state index contributed by atoms with van der Waals surface area (Å²) in [6, 6.07) is 7.57. The lowest BCUT2D eigenvalue weighted by Crippen LogP contribution is -2.00. The van der Waals surface area contributed by atoms with Gasteiger partial charge in [-0.1, -0.05) is 0 Å². The first-order valence-corrected chi connectivity index (χ1v) is 5.50. The fourth-order valence-electron chi connectivity index (χ4n) is 1.59. The molecule has 0 amide bonds. The SMILES string of the molecule is Nc1nc(Cl)nc(Oc2ccc3[nH]ccc3c2)n1. The number of hydrogen-bond donors (Lipinski definition) is 2. The number of nitrogens with two attached hydrogens (primary N) is 1. The zero-order valence-corrected chi connectivity index (χ0v) is 9.85. The molecule has 3 N–H and O–H groups in total. The summed E-state index contributed by atoms with van der Waals surface area (Å²) in [5.74, 6) is 0.622. The summed E-state index contributed by atoms with van der Waals surface area (Å²) in [6.45, 7) is 0. The quantitative estimate of drug-likeness (QED) is 0.739. The Labute approximate surface area is 107 Å². The van der Waals surface area contributed by atoms with Gasteiger partial charge in [-0.2, -0.15) is 15.0 Å². The summed E-state index contributed by atoms with van der Waals surface area (Å²) >= 11 is 5.67. The van der Waals surface area contributed by atoms with E-state index in [4.69, 9.17) is 22.1 Å². The second-order valence-electron chi connectivity index (χ2n) is 3.57. The van der Waals surface area contributed by atoms with E-state index in [1.165, 1.54) is 0 Å². The third kappa shape index (κ3) is 2.05. The predicted octanol–water partition coefficient (Wildman–Crippen LogP) is 2.38. The van der Waals surface area contributed by atoms with Gasteiger partial charge >= 0.3 is 6.01 Å². The van der Waals surface area contributed by atoms with E-state index in [-0.39, 0.29) is 17.2 Å². The topological polar surface area (TPSA) is 89.7 Å². The minimum Gasteiger partial charge on any atom is -0.424 e. The van der Waals surface area contributed by atoms with Crippen LogP contribution in [0, 0.1) is 0 Å². The van der Waals surface area contributed by atoms with E-state index in [1.807, 2.05) is 24.4 Å². The number of anilines is 1. The Bertz CT molecular complexity index is 691. The van der Waals surface area contributed by atoms with E-state index in [1.54, 1.807) is 6.07 Å². The molecule has 0 radical (unpaired) electrons. The Morgan fingerprint density at radius 1 is 1.17 bits per heavy atom. The fraction of sp³-hybridized carbons (Fsp3) is 0. The Morgan fingerprint density at radius 3 is 2.89 bits per heavy atom. The molecule has 0 aliphatic carbocycles. The molecule has 0 bridgehead atoms. The third-order valence-corrected chi connectivity index (χ3v) is 2.51. The number of aromatic amines is 1. The Kier molecular flexibility index (Phi) is 2.49. The highest BCUT2D eigenvalue weighted by Gasteiger charge is 2.05. The van der Waals surface area contributed by atoms with E-state index >= 15 is 0 Å². The lowest BCUT2D eigenvalue weighted by molar-refractivity contribution is 0.441. The highest BCUT2D eigenvalue weighted by atomic mass is 35.5. The van der Waals surface area contributed by atoms with Gasteiger partial charge in [-0.3, -0.25) is 0 Å². The maximum Gasteiger partial charge on any atom is 0.328 e. The van der Waals surface area contributed by atoms with Crippen molar-refractivity contribution in [3.63, 3.8) is 0 Å². The highest BCUT2D eigenvalue weighted by Crippen LogP contribution is 2.23. The van der Waals surface area contributed by atoms with Crippen LogP contribution < -0.4 is 10.5 Å². The molecule has 0 spiro atoms. The van der Waals surface area contributed by atoms with Crippen LogP contribution in [0.2, 0.25) is 5.28 Å². The average Bonchev–Trinajstić information content (AvgIpc) is 2.74. The van der Waals surface area contributed by atoms with Crippen molar-refractivity contribution in [2.75, 3.05) is 5.73 Å². The number of benzene rings is 1. The fourth-order valence-corrected chi connectivity index (χ4v) is 1.75.